The van der Waals surface area contributed by atoms with Gasteiger partial charge < -0.3 is 11.1 Å². The van der Waals surface area contributed by atoms with E-state index < -0.39 is 12.7 Å². The molecule has 0 unspecified atom stereocenters. The Balaban J connectivity index is 1.65. The molecule has 13 heteroatoms. The number of nitrogens with zero attached hydrogens (tertiary/aromatic N) is 7. The van der Waals surface area contributed by atoms with Gasteiger partial charge in [-0.1, -0.05) is 5.21 Å². The second-order valence-electron chi connectivity index (χ2n) is 5.87. The van der Waals surface area contributed by atoms with Gasteiger partial charge in [-0.05, 0) is 6.07 Å². The van der Waals surface area contributed by atoms with Crippen LogP contribution in [-0.2, 0) is 13.1 Å². The van der Waals surface area contributed by atoms with Crippen LogP contribution in [0.3, 0.4) is 0 Å². The van der Waals surface area contributed by atoms with Gasteiger partial charge in [-0.15, -0.1) is 16.4 Å². The van der Waals surface area contributed by atoms with Crippen molar-refractivity contribution in [3.63, 3.8) is 0 Å². The first-order chi connectivity index (χ1) is 13.3. The van der Waals surface area contributed by atoms with Crippen LogP contribution in [-0.4, -0.2) is 47.1 Å². The Bertz CT molecular complexity index is 1160. The highest BCUT2D eigenvalue weighted by atomic mass is 32.1. The van der Waals surface area contributed by atoms with E-state index in [2.05, 4.69) is 25.4 Å². The van der Waals surface area contributed by atoms with Gasteiger partial charge in [0.15, 0.2) is 5.65 Å². The zero-order chi connectivity index (χ0) is 19.9. The zero-order valence-corrected chi connectivity index (χ0v) is 14.9. The molecule has 3 N–H and O–H groups in total. The molecule has 0 saturated carbocycles. The van der Waals surface area contributed by atoms with Crippen LogP contribution >= 0.6 is 11.3 Å². The molecule has 0 bridgehead atoms. The smallest absolute Gasteiger partial charge is 0.398 e. The van der Waals surface area contributed by atoms with E-state index in [9.17, 15) is 13.2 Å². The highest BCUT2D eigenvalue weighted by molar-refractivity contribution is 7.14. The Kier molecular flexibility index (Phi) is 4.30. The minimum absolute atomic E-state index is 0.309. The monoisotopic (exact) mass is 407 g/mol. The first-order valence-corrected chi connectivity index (χ1v) is 8.68. The topological polar surface area (TPSA) is 124 Å². The number of aromatic nitrogens is 7. The number of alkyl halides is 3. The lowest BCUT2D eigenvalue weighted by Gasteiger charge is -2.05. The molecule has 0 amide bonds. The molecule has 4 rings (SSSR count). The molecule has 0 aliphatic carbocycles. The van der Waals surface area contributed by atoms with Gasteiger partial charge in [-0.25, -0.2) is 14.6 Å². The maximum absolute atomic E-state index is 12.5. The van der Waals surface area contributed by atoms with E-state index in [1.165, 1.54) is 40.8 Å². The third-order valence-electron chi connectivity index (χ3n) is 3.78. The van der Waals surface area contributed by atoms with E-state index >= 15 is 0 Å². The second kappa shape index (κ2) is 6.67. The van der Waals surface area contributed by atoms with Crippen LogP contribution in [0.15, 0.2) is 24.7 Å². The highest BCUT2D eigenvalue weighted by Gasteiger charge is 2.28. The van der Waals surface area contributed by atoms with E-state index in [0.29, 0.717) is 39.7 Å². The van der Waals surface area contributed by atoms with Gasteiger partial charge >= 0.3 is 6.18 Å². The van der Waals surface area contributed by atoms with E-state index in [-0.39, 0.29) is 0 Å². The van der Waals surface area contributed by atoms with Crippen LogP contribution < -0.4 is 5.73 Å². The molecule has 4 aromatic heterocycles. The number of fused-ring (bicyclic) bond motifs is 1. The number of hydrogen-bond donors (Lipinski definition) is 2. The summed E-state index contributed by atoms with van der Waals surface area (Å²) in [5.41, 5.74) is 7.78. The summed E-state index contributed by atoms with van der Waals surface area (Å²) in [7, 11) is 0. The van der Waals surface area contributed by atoms with Crippen molar-refractivity contribution < 1.29 is 13.2 Å². The molecule has 0 aliphatic heterocycles. The van der Waals surface area contributed by atoms with Gasteiger partial charge in [0.25, 0.3) is 0 Å². The van der Waals surface area contributed by atoms with Crippen LogP contribution in [0.1, 0.15) is 9.75 Å². The van der Waals surface area contributed by atoms with Gasteiger partial charge in [0.2, 0.25) is 5.65 Å². The summed E-state index contributed by atoms with van der Waals surface area (Å²) in [6.45, 7) is -0.859. The molecule has 0 atom stereocenters. The van der Waals surface area contributed by atoms with Crippen LogP contribution in [0, 0.1) is 5.41 Å². The fraction of sp³-hybridized carbons (Fsp3) is 0.200. The summed E-state index contributed by atoms with van der Waals surface area (Å²) in [4.78, 5) is 10.1. The van der Waals surface area contributed by atoms with Crippen molar-refractivity contribution in [3.05, 3.63) is 34.4 Å². The molecule has 0 radical (unpaired) electrons. The zero-order valence-electron chi connectivity index (χ0n) is 14.1. The van der Waals surface area contributed by atoms with Crippen LogP contribution in [0.25, 0.3) is 22.6 Å². The third-order valence-corrected chi connectivity index (χ3v) is 4.86. The lowest BCUT2D eigenvalue weighted by Crippen LogP contribution is -2.17. The molecule has 144 valence electrons. The number of rotatable bonds is 5. The molecule has 0 aliphatic rings. The highest BCUT2D eigenvalue weighted by Crippen LogP contribution is 2.25. The SMILES string of the molecule is N=Cc1sc(Cn2nnc3ncc(-c4cnn(CC(F)(F)F)c4)nc32)cc1N. The molecule has 28 heavy (non-hydrogen) atoms. The molecular weight excluding hydrogens is 395 g/mol. The lowest BCUT2D eigenvalue weighted by atomic mass is 10.3. The normalized spacial score (nSPS) is 12.0. The average molecular weight is 407 g/mol. The Morgan fingerprint density at radius 2 is 2.11 bits per heavy atom. The van der Waals surface area contributed by atoms with Crippen molar-refractivity contribution in [1.82, 2.24) is 34.7 Å². The standard InChI is InChI=1S/C15H12F3N9S/c16-15(17,18)7-26-5-8(3-22-26)11-4-21-13-14(23-11)27(25-24-13)6-9-1-10(20)12(2-19)28-9/h1-5,19H,6-7,20H2. The van der Waals surface area contributed by atoms with Crippen molar-refractivity contribution in [1.29, 1.82) is 5.41 Å². The maximum atomic E-state index is 12.5. The molecule has 0 spiro atoms. The molecule has 4 aromatic rings. The van der Waals surface area contributed by atoms with E-state index in [0.717, 1.165) is 9.56 Å². The molecule has 9 nitrogen and oxygen atoms in total. The average Bonchev–Trinajstić information content (AvgIpc) is 3.33. The summed E-state index contributed by atoms with van der Waals surface area (Å²) < 4.78 is 39.8. The second-order valence-corrected chi connectivity index (χ2v) is 7.04. The molecule has 0 aromatic carbocycles. The summed E-state index contributed by atoms with van der Waals surface area (Å²) >= 11 is 1.35. The maximum Gasteiger partial charge on any atom is 0.408 e. The number of nitrogen functional groups attached to an aromatic ring is 1. The number of thiophene rings is 1. The van der Waals surface area contributed by atoms with Crippen molar-refractivity contribution in [2.45, 2.75) is 19.3 Å². The van der Waals surface area contributed by atoms with E-state index in [4.69, 9.17) is 11.1 Å². The van der Waals surface area contributed by atoms with E-state index in [1.54, 1.807) is 6.07 Å². The first-order valence-electron chi connectivity index (χ1n) is 7.87. The van der Waals surface area contributed by atoms with Crippen molar-refractivity contribution in [3.8, 4) is 11.3 Å². The van der Waals surface area contributed by atoms with Crippen LogP contribution in [0.2, 0.25) is 0 Å². The minimum atomic E-state index is -4.36. The number of nitrogens with one attached hydrogen (secondary N) is 1. The summed E-state index contributed by atoms with van der Waals surface area (Å²) in [5.74, 6) is 0. The van der Waals surface area contributed by atoms with Gasteiger partial charge in [0.1, 0.15) is 6.54 Å². The van der Waals surface area contributed by atoms with Crippen molar-refractivity contribution in [2.24, 2.45) is 0 Å². The number of hydrogen-bond acceptors (Lipinski definition) is 8. The molecule has 4 heterocycles. The van der Waals surface area contributed by atoms with Gasteiger partial charge in [0, 0.05) is 22.9 Å². The third kappa shape index (κ3) is 3.55. The molecule has 0 saturated heterocycles. The van der Waals surface area contributed by atoms with E-state index in [1.807, 2.05) is 0 Å². The summed E-state index contributed by atoms with van der Waals surface area (Å²) in [6.07, 6.45) is 0.783. The van der Waals surface area contributed by atoms with Gasteiger partial charge in [-0.2, -0.15) is 18.3 Å². The fourth-order valence-electron chi connectivity index (χ4n) is 2.58. The first kappa shape index (κ1) is 18.0. The van der Waals surface area contributed by atoms with Crippen LogP contribution in [0.4, 0.5) is 18.9 Å². The Morgan fingerprint density at radius 3 is 2.82 bits per heavy atom. The van der Waals surface area contributed by atoms with Gasteiger partial charge in [-0.3, -0.25) is 4.68 Å². The fourth-order valence-corrected chi connectivity index (χ4v) is 3.47. The quantitative estimate of drug-likeness (QED) is 0.489. The lowest BCUT2D eigenvalue weighted by molar-refractivity contribution is -0.142. The Morgan fingerprint density at radius 1 is 1.29 bits per heavy atom. The number of anilines is 1. The number of nitrogens with two attached hydrogens (primary N) is 1. The van der Waals surface area contributed by atoms with Crippen molar-refractivity contribution in [2.75, 3.05) is 5.73 Å². The number of halogens is 3. The summed E-state index contributed by atoms with van der Waals surface area (Å²) in [6, 6.07) is 1.75. The largest absolute Gasteiger partial charge is 0.408 e. The van der Waals surface area contributed by atoms with Gasteiger partial charge in [0.05, 0.1) is 35.2 Å². The Labute approximate surface area is 159 Å². The minimum Gasteiger partial charge on any atom is -0.398 e. The Hall–Kier alpha value is -3.35. The summed E-state index contributed by atoms with van der Waals surface area (Å²) in [5, 5.41) is 19.0. The molecule has 0 fully saturated rings. The predicted octanol–water partition coefficient (Wildman–Crippen LogP) is 2.34. The van der Waals surface area contributed by atoms with Crippen LogP contribution in [0.5, 0.6) is 0 Å². The van der Waals surface area contributed by atoms with Crippen molar-refractivity contribution >= 4 is 34.5 Å². The predicted molar refractivity (Wildman–Crippen MR) is 96.1 cm³/mol. The molecular formula is C15H12F3N9S.